The number of halogens is 3. The van der Waals surface area contributed by atoms with Gasteiger partial charge < -0.3 is 14.5 Å². The Bertz CT molecular complexity index is 1060. The number of morpholine rings is 1. The second-order valence-corrected chi connectivity index (χ2v) is 8.01. The molecule has 0 amide bonds. The Morgan fingerprint density at radius 2 is 2.13 bits per heavy atom. The van der Waals surface area contributed by atoms with E-state index < -0.39 is 30.1 Å². The van der Waals surface area contributed by atoms with Gasteiger partial charge in [0.05, 0.1) is 25.3 Å². The summed E-state index contributed by atoms with van der Waals surface area (Å²) in [6.45, 7) is 0.343. The molecule has 3 atom stereocenters. The Morgan fingerprint density at radius 1 is 1.29 bits per heavy atom. The summed E-state index contributed by atoms with van der Waals surface area (Å²) in [5, 5.41) is 0. The van der Waals surface area contributed by atoms with Gasteiger partial charge in [0, 0.05) is 25.4 Å². The molecule has 2 aromatic heterocycles. The monoisotopic (exact) mass is 435 g/mol. The number of pyridine rings is 1. The molecule has 2 saturated heterocycles. The fourth-order valence-corrected chi connectivity index (χ4v) is 4.57. The molecule has 11 heteroatoms. The molecular weight excluding hydrogens is 415 g/mol. The van der Waals surface area contributed by atoms with E-state index in [1.165, 1.54) is 22.9 Å². The number of Topliss-reactive ketones (excluding diaryl/α,β-unsaturated/α-hetero) is 1. The van der Waals surface area contributed by atoms with E-state index in [0.717, 1.165) is 11.3 Å². The minimum Gasteiger partial charge on any atom is -0.374 e. The topological polar surface area (TPSA) is 80.6 Å². The van der Waals surface area contributed by atoms with E-state index in [2.05, 4.69) is 9.97 Å². The van der Waals surface area contributed by atoms with Gasteiger partial charge in [-0.25, -0.2) is 0 Å². The number of fused-ring (bicyclic) bond motifs is 3. The molecule has 1 unspecified atom stereocenters. The van der Waals surface area contributed by atoms with Crippen LogP contribution in [0.5, 0.6) is 0 Å². The summed E-state index contributed by atoms with van der Waals surface area (Å²) in [7, 11) is 0. The first-order valence-electron chi connectivity index (χ1n) is 10.1. The molecule has 0 N–H and O–H groups in total. The molecule has 5 rings (SSSR count). The molecule has 0 saturated carbocycles. The third kappa shape index (κ3) is 3.56. The van der Waals surface area contributed by atoms with Crippen LogP contribution in [0.1, 0.15) is 23.3 Å². The van der Waals surface area contributed by atoms with Crippen molar-refractivity contribution in [3.05, 3.63) is 46.5 Å². The Kier molecular flexibility index (Phi) is 4.72. The third-order valence-electron chi connectivity index (χ3n) is 6.07. The second-order valence-electron chi connectivity index (χ2n) is 8.01. The Balaban J connectivity index is 1.54. The highest BCUT2D eigenvalue weighted by Crippen LogP contribution is 2.36. The summed E-state index contributed by atoms with van der Waals surface area (Å²) >= 11 is 0. The molecule has 8 nitrogen and oxygen atoms in total. The predicted octanol–water partition coefficient (Wildman–Crippen LogP) is 1.64. The maximum Gasteiger partial charge on any atom is 0.408 e. The van der Waals surface area contributed by atoms with Crippen LogP contribution in [0.4, 0.5) is 24.9 Å². The van der Waals surface area contributed by atoms with Gasteiger partial charge >= 0.3 is 6.18 Å². The zero-order chi connectivity index (χ0) is 21.8. The molecule has 31 heavy (non-hydrogen) atoms. The highest BCUT2D eigenvalue weighted by Gasteiger charge is 2.48. The number of carbonyl (C=O) groups is 1. The fourth-order valence-electron chi connectivity index (χ4n) is 4.57. The van der Waals surface area contributed by atoms with Crippen molar-refractivity contribution < 1.29 is 22.7 Å². The predicted molar refractivity (Wildman–Crippen MR) is 104 cm³/mol. The number of nitrogens with zero attached hydrogens (tertiary/aromatic N) is 5. The van der Waals surface area contributed by atoms with Crippen LogP contribution in [-0.4, -0.2) is 64.4 Å². The Hall–Kier alpha value is -2.95. The number of hydrogen-bond acceptors (Lipinski definition) is 7. The molecule has 2 fully saturated rings. The zero-order valence-electron chi connectivity index (χ0n) is 16.5. The van der Waals surface area contributed by atoms with Crippen molar-refractivity contribution >= 4 is 17.5 Å². The van der Waals surface area contributed by atoms with Crippen LogP contribution >= 0.6 is 0 Å². The molecule has 0 aliphatic carbocycles. The van der Waals surface area contributed by atoms with Gasteiger partial charge in [-0.1, -0.05) is 6.07 Å². The lowest BCUT2D eigenvalue weighted by Crippen LogP contribution is -2.54. The second kappa shape index (κ2) is 7.33. The van der Waals surface area contributed by atoms with Gasteiger partial charge in [-0.05, 0) is 25.0 Å². The van der Waals surface area contributed by atoms with E-state index >= 15 is 0 Å². The lowest BCUT2D eigenvalue weighted by molar-refractivity contribution is -0.152. The third-order valence-corrected chi connectivity index (χ3v) is 6.07. The summed E-state index contributed by atoms with van der Waals surface area (Å²) in [5.41, 5.74) is -0.368. The number of ketones is 1. The summed E-state index contributed by atoms with van der Waals surface area (Å²) in [6.07, 6.45) is -2.67. The molecule has 3 aliphatic heterocycles. The van der Waals surface area contributed by atoms with Crippen LogP contribution in [0, 0.1) is 0 Å². The largest absolute Gasteiger partial charge is 0.408 e. The van der Waals surface area contributed by atoms with E-state index in [-0.39, 0.29) is 36.8 Å². The standard InChI is InChI=1S/C20H20F3N5O3/c21-20(22,23)16-4-6-26-18(30)8-17(27-9-13-7-12(27)11-31-13)25-19(26)28(16)10-15(29)14-3-1-2-5-24-14/h1-3,5,8,12-13,16H,4,6-7,9-11H2/t12?,13-,16-/m0/s1. The van der Waals surface area contributed by atoms with E-state index in [1.807, 2.05) is 4.90 Å². The van der Waals surface area contributed by atoms with Crippen LogP contribution < -0.4 is 15.4 Å². The number of aromatic nitrogens is 3. The average Bonchev–Trinajstić information content (AvgIpc) is 3.37. The number of ether oxygens (including phenoxy) is 1. The smallest absolute Gasteiger partial charge is 0.374 e. The average molecular weight is 435 g/mol. The van der Waals surface area contributed by atoms with Gasteiger partial charge in [-0.3, -0.25) is 19.1 Å². The molecule has 0 spiro atoms. The van der Waals surface area contributed by atoms with Gasteiger partial charge in [-0.15, -0.1) is 0 Å². The maximum absolute atomic E-state index is 13.9. The quantitative estimate of drug-likeness (QED) is 0.676. The van der Waals surface area contributed by atoms with Gasteiger partial charge in [0.25, 0.3) is 5.56 Å². The van der Waals surface area contributed by atoms with Crippen molar-refractivity contribution in [2.75, 3.05) is 29.5 Å². The van der Waals surface area contributed by atoms with Crippen LogP contribution in [0.2, 0.25) is 0 Å². The Morgan fingerprint density at radius 3 is 2.77 bits per heavy atom. The molecule has 2 bridgehead atoms. The zero-order valence-corrected chi connectivity index (χ0v) is 16.5. The van der Waals surface area contributed by atoms with Crippen LogP contribution in [0.25, 0.3) is 0 Å². The maximum atomic E-state index is 13.9. The molecular formula is C20H20F3N5O3. The number of rotatable bonds is 4. The first kappa shape index (κ1) is 20.0. The van der Waals surface area contributed by atoms with Crippen LogP contribution in [0.3, 0.4) is 0 Å². The first-order chi connectivity index (χ1) is 14.8. The highest BCUT2D eigenvalue weighted by molar-refractivity contribution is 5.97. The van der Waals surface area contributed by atoms with E-state index in [0.29, 0.717) is 19.0 Å². The fraction of sp³-hybridized carbons (Fsp3) is 0.500. The van der Waals surface area contributed by atoms with Crippen molar-refractivity contribution in [3.63, 3.8) is 0 Å². The number of carbonyl (C=O) groups excluding carboxylic acids is 1. The highest BCUT2D eigenvalue weighted by atomic mass is 19.4. The molecule has 3 aliphatic rings. The molecule has 5 heterocycles. The SMILES string of the molecule is O=C(CN1c2nc(N3C[C@@H]4CC3CO4)cc(=O)n2CC[C@H]1C(F)(F)F)c1ccccn1. The van der Waals surface area contributed by atoms with Crippen molar-refractivity contribution in [1.29, 1.82) is 0 Å². The van der Waals surface area contributed by atoms with Gasteiger partial charge in [0.2, 0.25) is 5.95 Å². The Labute approximate surface area is 175 Å². The van der Waals surface area contributed by atoms with Gasteiger partial charge in [-0.2, -0.15) is 18.2 Å². The van der Waals surface area contributed by atoms with E-state index in [9.17, 15) is 22.8 Å². The number of alkyl halides is 3. The molecule has 0 radical (unpaired) electrons. The van der Waals surface area contributed by atoms with E-state index in [4.69, 9.17) is 4.74 Å². The summed E-state index contributed by atoms with van der Waals surface area (Å²) < 4.78 is 48.3. The van der Waals surface area contributed by atoms with Crippen molar-refractivity contribution in [2.45, 2.75) is 43.8 Å². The molecule has 0 aromatic carbocycles. The first-order valence-corrected chi connectivity index (χ1v) is 10.1. The number of hydrogen-bond donors (Lipinski definition) is 0. The summed E-state index contributed by atoms with van der Waals surface area (Å²) in [6, 6.07) is 4.15. The van der Waals surface area contributed by atoms with Crippen molar-refractivity contribution in [3.8, 4) is 0 Å². The van der Waals surface area contributed by atoms with Gasteiger partial charge in [0.1, 0.15) is 17.6 Å². The van der Waals surface area contributed by atoms with Crippen molar-refractivity contribution in [2.24, 2.45) is 0 Å². The minimum absolute atomic E-state index is 0.0374. The van der Waals surface area contributed by atoms with Gasteiger partial charge in [0.15, 0.2) is 5.78 Å². The normalized spacial score (nSPS) is 25.1. The van der Waals surface area contributed by atoms with Crippen molar-refractivity contribution in [1.82, 2.24) is 14.5 Å². The lowest BCUT2D eigenvalue weighted by Gasteiger charge is -2.39. The minimum atomic E-state index is -4.58. The van der Waals surface area contributed by atoms with Crippen LogP contribution in [-0.2, 0) is 11.3 Å². The summed E-state index contributed by atoms with van der Waals surface area (Å²) in [4.78, 5) is 36.7. The van der Waals surface area contributed by atoms with Crippen LogP contribution in [0.15, 0.2) is 35.3 Å². The lowest BCUT2D eigenvalue weighted by atomic mass is 10.1. The van der Waals surface area contributed by atoms with E-state index in [1.54, 1.807) is 12.1 Å². The number of anilines is 2. The molecule has 2 aromatic rings. The molecule has 164 valence electrons. The summed E-state index contributed by atoms with van der Waals surface area (Å²) in [5.74, 6) is -0.384.